The Morgan fingerprint density at radius 1 is 0.971 bits per heavy atom. The molecule has 0 aliphatic carbocycles. The topological polar surface area (TPSA) is 89.6 Å². The van der Waals surface area contributed by atoms with Crippen LogP contribution in [0.1, 0.15) is 20.3 Å². The van der Waals surface area contributed by atoms with Gasteiger partial charge in [0.05, 0.1) is 27.2 Å². The Labute approximate surface area is 206 Å². The number of hydrogen-bond acceptors (Lipinski definition) is 7. The van der Waals surface area contributed by atoms with Crippen LogP contribution in [0.4, 0.5) is 11.4 Å². The Hall–Kier alpha value is -3.46. The summed E-state index contributed by atoms with van der Waals surface area (Å²) in [4.78, 5) is 29.5. The zero-order valence-electron chi connectivity index (χ0n) is 21.1. The van der Waals surface area contributed by atoms with E-state index in [2.05, 4.69) is 24.1 Å². The van der Waals surface area contributed by atoms with Crippen molar-refractivity contribution in [3.05, 3.63) is 36.4 Å². The van der Waals surface area contributed by atoms with Gasteiger partial charge in [0.2, 0.25) is 11.8 Å². The third-order valence-corrected chi connectivity index (χ3v) is 6.17. The molecule has 0 aromatic heterocycles. The Morgan fingerprint density at radius 2 is 1.63 bits per heavy atom. The highest BCUT2D eigenvalue weighted by Gasteiger charge is 2.35. The van der Waals surface area contributed by atoms with Gasteiger partial charge in [0.1, 0.15) is 6.61 Å². The van der Waals surface area contributed by atoms with Crippen LogP contribution in [0.15, 0.2) is 36.4 Å². The average molecular weight is 486 g/mol. The zero-order chi connectivity index (χ0) is 25.4. The van der Waals surface area contributed by atoms with E-state index in [4.69, 9.17) is 18.9 Å². The number of amides is 2. The molecular weight excluding hydrogens is 450 g/mol. The predicted octanol–water partition coefficient (Wildman–Crippen LogP) is 3.42. The van der Waals surface area contributed by atoms with Crippen molar-refractivity contribution >= 4 is 23.2 Å². The predicted molar refractivity (Wildman–Crippen MR) is 135 cm³/mol. The summed E-state index contributed by atoms with van der Waals surface area (Å²) in [5.74, 6) is 1.44. The summed E-state index contributed by atoms with van der Waals surface area (Å²) in [5, 5.41) is 2.92. The molecule has 0 spiro atoms. The van der Waals surface area contributed by atoms with Crippen molar-refractivity contribution in [1.29, 1.82) is 0 Å². The molecule has 3 rings (SSSR count). The number of likely N-dealkylation sites (N-methyl/N-ethyl adjacent to an activating group) is 1. The van der Waals surface area contributed by atoms with Gasteiger partial charge in [-0.15, -0.1) is 0 Å². The Bertz CT molecular complexity index is 1020. The minimum absolute atomic E-state index is 0.118. The van der Waals surface area contributed by atoms with E-state index in [1.165, 1.54) is 0 Å². The number of ether oxygens (including phenoxy) is 4. The molecule has 1 unspecified atom stereocenters. The molecule has 1 atom stereocenters. The smallest absolute Gasteiger partial charge is 0.229 e. The zero-order valence-corrected chi connectivity index (χ0v) is 21.1. The Kier molecular flexibility index (Phi) is 9.19. The van der Waals surface area contributed by atoms with Gasteiger partial charge in [0.15, 0.2) is 23.0 Å². The van der Waals surface area contributed by atoms with E-state index >= 15 is 0 Å². The van der Waals surface area contributed by atoms with Crippen LogP contribution >= 0.6 is 0 Å². The minimum Gasteiger partial charge on any atom is -0.493 e. The van der Waals surface area contributed by atoms with Crippen LogP contribution in [0.2, 0.25) is 0 Å². The fourth-order valence-corrected chi connectivity index (χ4v) is 4.06. The summed E-state index contributed by atoms with van der Waals surface area (Å²) in [5.41, 5.74) is 1.25. The van der Waals surface area contributed by atoms with Crippen molar-refractivity contribution in [3.8, 4) is 23.0 Å². The number of methoxy groups -OCH3 is 3. The van der Waals surface area contributed by atoms with Crippen LogP contribution in [0, 0.1) is 5.92 Å². The first-order valence-corrected chi connectivity index (χ1v) is 11.8. The van der Waals surface area contributed by atoms with E-state index in [1.807, 2.05) is 0 Å². The summed E-state index contributed by atoms with van der Waals surface area (Å²) in [6.07, 6.45) is 0.129. The molecule has 0 radical (unpaired) electrons. The highest BCUT2D eigenvalue weighted by Crippen LogP contribution is 2.35. The minimum atomic E-state index is -0.482. The van der Waals surface area contributed by atoms with Crippen molar-refractivity contribution in [3.63, 3.8) is 0 Å². The highest BCUT2D eigenvalue weighted by atomic mass is 16.5. The molecule has 1 aliphatic heterocycles. The molecule has 2 amide bonds. The van der Waals surface area contributed by atoms with Crippen molar-refractivity contribution in [1.82, 2.24) is 4.90 Å². The fraction of sp³-hybridized carbons (Fsp3) is 0.462. The number of nitrogens with one attached hydrogen (secondary N) is 1. The molecule has 2 aromatic carbocycles. The van der Waals surface area contributed by atoms with Gasteiger partial charge in [0, 0.05) is 43.0 Å². The number of hydrogen-bond donors (Lipinski definition) is 1. The van der Waals surface area contributed by atoms with Crippen LogP contribution in [0.5, 0.6) is 23.0 Å². The number of rotatable bonds is 12. The van der Waals surface area contributed by atoms with Crippen LogP contribution in [-0.4, -0.2) is 70.8 Å². The lowest BCUT2D eigenvalue weighted by molar-refractivity contribution is -0.122. The monoisotopic (exact) mass is 485 g/mol. The van der Waals surface area contributed by atoms with Gasteiger partial charge < -0.3 is 34.1 Å². The van der Waals surface area contributed by atoms with E-state index in [-0.39, 0.29) is 24.8 Å². The maximum atomic E-state index is 13.0. The van der Waals surface area contributed by atoms with Crippen molar-refractivity contribution < 1.29 is 28.5 Å². The standard InChI is InChI=1S/C26H35N3O6/c1-6-28(7-2)12-13-35-24-15-19(8-10-22(24)33-4)27-26(31)18-14-25(30)29(17-18)20-9-11-21(32-3)23(16-20)34-5/h8-11,15-16,18H,6-7,12-14,17H2,1-5H3,(H,27,31). The molecule has 9 heteroatoms. The molecule has 1 aliphatic rings. The van der Waals surface area contributed by atoms with Crippen molar-refractivity contribution in [2.45, 2.75) is 20.3 Å². The van der Waals surface area contributed by atoms with E-state index in [1.54, 1.807) is 62.6 Å². The lowest BCUT2D eigenvalue weighted by Crippen LogP contribution is -2.28. The van der Waals surface area contributed by atoms with Gasteiger partial charge >= 0.3 is 0 Å². The molecular formula is C26H35N3O6. The van der Waals surface area contributed by atoms with E-state index in [0.717, 1.165) is 19.6 Å². The first-order chi connectivity index (χ1) is 16.9. The van der Waals surface area contributed by atoms with Crippen LogP contribution < -0.4 is 29.2 Å². The maximum absolute atomic E-state index is 13.0. The van der Waals surface area contributed by atoms with Gasteiger partial charge in [-0.05, 0) is 37.4 Å². The van der Waals surface area contributed by atoms with Gasteiger partial charge in [0.25, 0.3) is 0 Å². The number of carbonyl (C=O) groups excluding carboxylic acids is 2. The number of anilines is 2. The average Bonchev–Trinajstić information content (AvgIpc) is 3.28. The highest BCUT2D eigenvalue weighted by molar-refractivity contribution is 6.03. The molecule has 9 nitrogen and oxygen atoms in total. The van der Waals surface area contributed by atoms with Crippen molar-refractivity contribution in [2.24, 2.45) is 5.92 Å². The van der Waals surface area contributed by atoms with Gasteiger partial charge in [-0.3, -0.25) is 9.59 Å². The quantitative estimate of drug-likeness (QED) is 0.493. The molecule has 0 bridgehead atoms. The number of carbonyl (C=O) groups is 2. The lowest BCUT2D eigenvalue weighted by atomic mass is 10.1. The molecule has 190 valence electrons. The van der Waals surface area contributed by atoms with E-state index in [9.17, 15) is 9.59 Å². The van der Waals surface area contributed by atoms with Crippen LogP contribution in [-0.2, 0) is 9.59 Å². The first-order valence-electron chi connectivity index (χ1n) is 11.8. The summed E-state index contributed by atoms with van der Waals surface area (Å²) in [7, 11) is 4.68. The van der Waals surface area contributed by atoms with E-state index < -0.39 is 5.92 Å². The number of benzene rings is 2. The summed E-state index contributed by atoms with van der Waals surface area (Å²) in [6, 6.07) is 10.5. The molecule has 1 fully saturated rings. The molecule has 35 heavy (non-hydrogen) atoms. The van der Waals surface area contributed by atoms with Gasteiger partial charge in [-0.2, -0.15) is 0 Å². The molecule has 2 aromatic rings. The first kappa shape index (κ1) is 26.2. The third-order valence-electron chi connectivity index (χ3n) is 6.17. The third kappa shape index (κ3) is 6.36. The normalized spacial score (nSPS) is 15.3. The SMILES string of the molecule is CCN(CC)CCOc1cc(NC(=O)C2CC(=O)N(c3ccc(OC)c(OC)c3)C2)ccc1OC. The largest absolute Gasteiger partial charge is 0.493 e. The second kappa shape index (κ2) is 12.3. The summed E-state index contributed by atoms with van der Waals surface area (Å²) in [6.45, 7) is 7.71. The fourth-order valence-electron chi connectivity index (χ4n) is 4.06. The van der Waals surface area contributed by atoms with Gasteiger partial charge in [-0.1, -0.05) is 13.8 Å². The van der Waals surface area contributed by atoms with Crippen LogP contribution in [0.25, 0.3) is 0 Å². The van der Waals surface area contributed by atoms with Gasteiger partial charge in [-0.25, -0.2) is 0 Å². The second-order valence-corrected chi connectivity index (χ2v) is 8.17. The van der Waals surface area contributed by atoms with E-state index in [0.29, 0.717) is 41.0 Å². The lowest BCUT2D eigenvalue weighted by Gasteiger charge is -2.19. The molecule has 0 saturated carbocycles. The molecule has 1 N–H and O–H groups in total. The second-order valence-electron chi connectivity index (χ2n) is 8.17. The molecule has 1 saturated heterocycles. The Morgan fingerprint density at radius 3 is 2.29 bits per heavy atom. The maximum Gasteiger partial charge on any atom is 0.229 e. The Balaban J connectivity index is 1.66. The van der Waals surface area contributed by atoms with Crippen molar-refractivity contribution in [2.75, 3.05) is 64.3 Å². The molecule has 1 heterocycles. The summed E-state index contributed by atoms with van der Waals surface area (Å²) >= 11 is 0. The summed E-state index contributed by atoms with van der Waals surface area (Å²) < 4.78 is 22.0. The number of nitrogens with zero attached hydrogens (tertiary/aromatic N) is 2. The van der Waals surface area contributed by atoms with Crippen LogP contribution in [0.3, 0.4) is 0 Å².